The van der Waals surface area contributed by atoms with E-state index in [2.05, 4.69) is 20.6 Å². The van der Waals surface area contributed by atoms with Crippen LogP contribution in [0.5, 0.6) is 0 Å². The first-order chi connectivity index (χ1) is 21.7. The first kappa shape index (κ1) is 30.4. The van der Waals surface area contributed by atoms with E-state index in [9.17, 15) is 18.0 Å². The van der Waals surface area contributed by atoms with Crippen molar-refractivity contribution in [2.75, 3.05) is 10.8 Å². The fraction of sp³-hybridized carbons (Fsp3) is 0.258. The lowest BCUT2D eigenvalue weighted by Crippen LogP contribution is -2.41. The highest BCUT2D eigenvalue weighted by atomic mass is 32.2. The molecule has 0 saturated heterocycles. The minimum absolute atomic E-state index is 0.0105. The van der Waals surface area contributed by atoms with Crippen molar-refractivity contribution in [2.45, 2.75) is 60.1 Å². The zero-order chi connectivity index (χ0) is 31.6. The Balaban J connectivity index is 1.16. The van der Waals surface area contributed by atoms with Gasteiger partial charge in [0.2, 0.25) is 15.7 Å². The van der Waals surface area contributed by atoms with Crippen LogP contribution in [0.4, 0.5) is 10.8 Å². The number of rotatable bonds is 9. The molecule has 232 valence electrons. The van der Waals surface area contributed by atoms with E-state index in [0.29, 0.717) is 22.7 Å². The highest BCUT2D eigenvalue weighted by molar-refractivity contribution is 7.93. The van der Waals surface area contributed by atoms with Crippen LogP contribution in [0.3, 0.4) is 0 Å². The molecule has 0 bridgehead atoms. The lowest BCUT2D eigenvalue weighted by Gasteiger charge is -2.22. The molecule has 0 radical (unpaired) electrons. The molecular weight excluding hydrogens is 615 g/mol. The fourth-order valence-corrected chi connectivity index (χ4v) is 7.93. The molecule has 3 aromatic heterocycles. The Morgan fingerprint density at radius 1 is 1.02 bits per heavy atom. The zero-order valence-corrected chi connectivity index (χ0v) is 25.9. The molecule has 5 aromatic rings. The van der Waals surface area contributed by atoms with Crippen LogP contribution in [-0.2, 0) is 14.6 Å². The molecule has 4 N–H and O–H groups in total. The van der Waals surface area contributed by atoms with Crippen LogP contribution in [0.15, 0.2) is 82.2 Å². The monoisotopic (exact) mass is 645 g/mol. The van der Waals surface area contributed by atoms with Gasteiger partial charge in [0, 0.05) is 23.1 Å². The van der Waals surface area contributed by atoms with Gasteiger partial charge in [-0.1, -0.05) is 42.7 Å². The van der Waals surface area contributed by atoms with E-state index in [1.54, 1.807) is 18.3 Å². The zero-order valence-electron chi connectivity index (χ0n) is 24.3. The molecule has 0 aliphatic heterocycles. The number of carbonyl (C=O) groups is 2. The first-order valence-corrected chi connectivity index (χ1v) is 16.8. The highest BCUT2D eigenvalue weighted by Crippen LogP contribution is 2.38. The Kier molecular flexibility index (Phi) is 8.61. The number of thiazole rings is 1. The average molecular weight is 646 g/mol. The van der Waals surface area contributed by atoms with Crippen molar-refractivity contribution in [1.82, 2.24) is 25.1 Å². The van der Waals surface area contributed by atoms with Crippen LogP contribution in [0.2, 0.25) is 0 Å². The number of nitrogens with one attached hydrogen (secondary N) is 3. The first-order valence-electron chi connectivity index (χ1n) is 14.5. The van der Waals surface area contributed by atoms with Crippen molar-refractivity contribution in [3.05, 3.63) is 84.3 Å². The van der Waals surface area contributed by atoms with Gasteiger partial charge in [-0.25, -0.2) is 23.1 Å². The van der Waals surface area contributed by atoms with Crippen molar-refractivity contribution < 1.29 is 23.2 Å². The lowest BCUT2D eigenvalue weighted by atomic mass is 9.85. The van der Waals surface area contributed by atoms with Gasteiger partial charge < -0.3 is 10.6 Å². The third-order valence-electron chi connectivity index (χ3n) is 7.84. The molecule has 1 aliphatic rings. The molecule has 1 aliphatic carbocycles. The van der Waals surface area contributed by atoms with Crippen LogP contribution in [0.25, 0.3) is 16.7 Å². The Hall–Kier alpha value is -4.66. The number of benzene rings is 2. The number of carbonyl (C=O) groups excluding carboxylic acids is 2. The summed E-state index contributed by atoms with van der Waals surface area (Å²) in [6, 6.07) is 15.7. The van der Waals surface area contributed by atoms with Gasteiger partial charge in [0.15, 0.2) is 10.9 Å². The number of hydrogen-bond donors (Lipinski definition) is 4. The summed E-state index contributed by atoms with van der Waals surface area (Å²) in [5.74, 6) is 0.0646. The third-order valence-corrected chi connectivity index (χ3v) is 11.0. The average Bonchev–Trinajstić information content (AvgIpc) is 3.70. The smallest absolute Gasteiger partial charge is 0.251 e. The minimum atomic E-state index is -3.88. The maximum atomic E-state index is 13.2. The van der Waals surface area contributed by atoms with Crippen LogP contribution >= 0.6 is 11.3 Å². The summed E-state index contributed by atoms with van der Waals surface area (Å²) < 4.78 is 27.8. The van der Waals surface area contributed by atoms with Crippen molar-refractivity contribution in [1.29, 1.82) is 0 Å². The van der Waals surface area contributed by atoms with Gasteiger partial charge in [-0.15, -0.1) is 0 Å². The van der Waals surface area contributed by atoms with E-state index in [-0.39, 0.29) is 14.2 Å². The van der Waals surface area contributed by atoms with Crippen molar-refractivity contribution in [3.8, 4) is 5.82 Å². The minimum Gasteiger partial charge on any atom is -0.341 e. The van der Waals surface area contributed by atoms with E-state index >= 15 is 0 Å². The van der Waals surface area contributed by atoms with Crippen molar-refractivity contribution in [3.63, 3.8) is 0 Å². The van der Waals surface area contributed by atoms with Crippen molar-refractivity contribution in [2.24, 2.45) is 0 Å². The predicted molar refractivity (Wildman–Crippen MR) is 170 cm³/mol. The molecular formula is C31H31N7O5S2. The number of pyridine rings is 1. The summed E-state index contributed by atoms with van der Waals surface area (Å²) >= 11 is 0.796. The van der Waals surface area contributed by atoms with E-state index < -0.39 is 27.7 Å². The molecule has 3 heterocycles. The van der Waals surface area contributed by atoms with E-state index in [4.69, 9.17) is 10.3 Å². The predicted octanol–water partition coefficient (Wildman–Crippen LogP) is 5.32. The SMILES string of the molecule is CC(NC(=O)c1ccc2c(C3CCCCC3)n(-c3ccccn3)nc2c1)C(=O)Nc1ncc(S(=O)(=O)c2ccc(NO)cc2)s1. The van der Waals surface area contributed by atoms with Crippen LogP contribution in [0.1, 0.15) is 61.0 Å². The number of anilines is 2. The number of fused-ring (bicyclic) bond motifs is 1. The number of hydrogen-bond acceptors (Lipinski definition) is 10. The molecule has 12 nitrogen and oxygen atoms in total. The van der Waals surface area contributed by atoms with E-state index in [1.807, 2.05) is 34.4 Å². The topological polar surface area (TPSA) is 168 Å². The molecule has 2 aromatic carbocycles. The second-order valence-corrected chi connectivity index (χ2v) is 14.1. The summed E-state index contributed by atoms with van der Waals surface area (Å²) in [6.45, 7) is 1.53. The van der Waals surface area contributed by atoms with Crippen molar-refractivity contribution >= 4 is 54.7 Å². The molecule has 45 heavy (non-hydrogen) atoms. The van der Waals surface area contributed by atoms with Gasteiger partial charge in [-0.2, -0.15) is 5.10 Å². The lowest BCUT2D eigenvalue weighted by molar-refractivity contribution is -0.117. The summed E-state index contributed by atoms with van der Waals surface area (Å²) in [6.07, 6.45) is 8.60. The van der Waals surface area contributed by atoms with Crippen LogP contribution in [0, 0.1) is 0 Å². The summed E-state index contributed by atoms with van der Waals surface area (Å²) in [4.78, 5) is 34.7. The van der Waals surface area contributed by atoms with Gasteiger partial charge in [-0.05, 0) is 68.3 Å². The summed E-state index contributed by atoms with van der Waals surface area (Å²) in [5.41, 5.74) is 4.41. The highest BCUT2D eigenvalue weighted by Gasteiger charge is 2.26. The number of nitrogens with zero attached hydrogens (tertiary/aromatic N) is 4. The molecule has 6 rings (SSSR count). The maximum Gasteiger partial charge on any atom is 0.251 e. The standard InChI is InChI=1S/C31H31N7O5S2/c1-19(29(39)35-31-33-18-27(44-31)45(42,43)23-13-11-22(37-41)12-14-23)34-30(40)21-10-15-24-25(17-21)36-38(26-9-5-6-16-32-26)28(24)20-7-3-2-4-8-20/h5-6,9-20,37,41H,2-4,7-8H2,1H3,(H,34,40)(H,33,35,39). The van der Waals surface area contributed by atoms with E-state index in [1.165, 1.54) is 37.6 Å². The Morgan fingerprint density at radius 2 is 1.80 bits per heavy atom. The van der Waals surface area contributed by atoms with Crippen LogP contribution in [-0.4, -0.2) is 51.2 Å². The number of amides is 2. The summed E-state index contributed by atoms with van der Waals surface area (Å²) in [5, 5.41) is 20.1. The Morgan fingerprint density at radius 3 is 2.51 bits per heavy atom. The second-order valence-electron chi connectivity index (χ2n) is 10.9. The molecule has 1 atom stereocenters. The Labute approximate surface area is 263 Å². The molecule has 0 spiro atoms. The molecule has 1 fully saturated rings. The van der Waals surface area contributed by atoms with Gasteiger partial charge in [0.25, 0.3) is 5.91 Å². The largest absolute Gasteiger partial charge is 0.341 e. The third kappa shape index (κ3) is 6.30. The quantitative estimate of drug-likeness (QED) is 0.155. The Bertz CT molecular complexity index is 1950. The van der Waals surface area contributed by atoms with E-state index in [0.717, 1.165) is 60.1 Å². The fourth-order valence-electron chi connectivity index (χ4n) is 5.50. The van der Waals surface area contributed by atoms with Gasteiger partial charge in [-0.3, -0.25) is 20.3 Å². The van der Waals surface area contributed by atoms with Gasteiger partial charge >= 0.3 is 0 Å². The number of aromatic nitrogens is 4. The normalized spacial score (nSPS) is 14.6. The second kappa shape index (κ2) is 12.8. The van der Waals surface area contributed by atoms with Gasteiger partial charge in [0.05, 0.1) is 28.0 Å². The molecule has 1 saturated carbocycles. The molecule has 1 unspecified atom stereocenters. The molecule has 14 heteroatoms. The molecule has 2 amide bonds. The number of sulfone groups is 1. The van der Waals surface area contributed by atoms with Gasteiger partial charge in [0.1, 0.15) is 10.3 Å². The summed E-state index contributed by atoms with van der Waals surface area (Å²) in [7, 11) is -3.88. The maximum absolute atomic E-state index is 13.2. The van der Waals surface area contributed by atoms with Crippen LogP contribution < -0.4 is 16.1 Å².